The number of ether oxygens (including phenoxy) is 1. The molecular formula is C16H16N2O3. The summed E-state index contributed by atoms with van der Waals surface area (Å²) in [5, 5.41) is 0. The maximum absolute atomic E-state index is 12.8. The molecule has 0 saturated heterocycles. The van der Waals surface area contributed by atoms with Gasteiger partial charge < -0.3 is 9.64 Å². The van der Waals surface area contributed by atoms with Crippen LogP contribution in [-0.2, 0) is 19.7 Å². The second-order valence-electron chi connectivity index (χ2n) is 6.06. The molecule has 5 heteroatoms. The molecule has 21 heavy (non-hydrogen) atoms. The van der Waals surface area contributed by atoms with Crippen LogP contribution in [-0.4, -0.2) is 31.0 Å². The molecule has 0 radical (unpaired) electrons. The van der Waals surface area contributed by atoms with E-state index in [1.807, 2.05) is 12.1 Å². The van der Waals surface area contributed by atoms with Crippen LogP contribution in [0.4, 0.5) is 5.69 Å². The Bertz CT molecular complexity index is 684. The van der Waals surface area contributed by atoms with E-state index in [1.54, 1.807) is 18.1 Å². The number of carbonyl (C=O) groups is 2. The van der Waals surface area contributed by atoms with Crippen LogP contribution in [0.15, 0.2) is 30.5 Å². The number of allylic oxidation sites excluding steroid dienone is 2. The van der Waals surface area contributed by atoms with Gasteiger partial charge in [0.15, 0.2) is 0 Å². The summed E-state index contributed by atoms with van der Waals surface area (Å²) in [6, 6.07) is 3.75. The summed E-state index contributed by atoms with van der Waals surface area (Å²) in [5.74, 6) is -1.04. The van der Waals surface area contributed by atoms with Gasteiger partial charge in [-0.25, -0.2) is 0 Å². The molecule has 0 aromatic carbocycles. The monoisotopic (exact) mass is 284 g/mol. The highest BCUT2D eigenvalue weighted by atomic mass is 16.5. The summed E-state index contributed by atoms with van der Waals surface area (Å²) < 4.78 is 4.94. The number of hydrogen-bond donors (Lipinski definition) is 0. The van der Waals surface area contributed by atoms with E-state index in [1.165, 1.54) is 7.11 Å². The van der Waals surface area contributed by atoms with E-state index in [9.17, 15) is 9.59 Å². The van der Waals surface area contributed by atoms with Crippen LogP contribution in [0.3, 0.4) is 0 Å². The lowest BCUT2D eigenvalue weighted by Crippen LogP contribution is -2.51. The first kappa shape index (κ1) is 12.6. The topological polar surface area (TPSA) is 59.5 Å². The summed E-state index contributed by atoms with van der Waals surface area (Å²) in [4.78, 5) is 31.2. The van der Waals surface area contributed by atoms with E-state index >= 15 is 0 Å². The van der Waals surface area contributed by atoms with E-state index in [0.29, 0.717) is 0 Å². The van der Waals surface area contributed by atoms with Crippen LogP contribution in [0.5, 0.6) is 0 Å². The van der Waals surface area contributed by atoms with Gasteiger partial charge in [-0.2, -0.15) is 0 Å². The third-order valence-electron chi connectivity index (χ3n) is 5.25. The van der Waals surface area contributed by atoms with Crippen LogP contribution in [0.25, 0.3) is 0 Å². The Labute approximate surface area is 122 Å². The molecule has 2 unspecified atom stereocenters. The number of pyridine rings is 1. The number of esters is 1. The molecule has 1 aromatic heterocycles. The molecule has 2 aliphatic carbocycles. The molecule has 4 rings (SSSR count). The summed E-state index contributed by atoms with van der Waals surface area (Å²) >= 11 is 0. The second-order valence-corrected chi connectivity index (χ2v) is 6.06. The fourth-order valence-electron chi connectivity index (χ4n) is 4.36. The zero-order valence-electron chi connectivity index (χ0n) is 11.9. The summed E-state index contributed by atoms with van der Waals surface area (Å²) in [6.45, 7) is 0. The van der Waals surface area contributed by atoms with Crippen molar-refractivity contribution in [3.8, 4) is 0 Å². The number of nitrogens with zero attached hydrogens (tertiary/aromatic N) is 2. The SMILES string of the molecule is COC(=O)[C@@H]1C2C=CC3(C2)c2ncccc2N(C)C(=O)[C@@H]13. The van der Waals surface area contributed by atoms with E-state index in [-0.39, 0.29) is 17.8 Å². The number of hydrogen-bond acceptors (Lipinski definition) is 4. The molecule has 1 saturated carbocycles. The van der Waals surface area contributed by atoms with Crippen molar-refractivity contribution in [1.82, 2.24) is 4.98 Å². The number of fused-ring (bicyclic) bond motifs is 2. The first-order valence-electron chi connectivity index (χ1n) is 7.10. The lowest BCUT2D eigenvalue weighted by molar-refractivity contribution is -0.150. The summed E-state index contributed by atoms with van der Waals surface area (Å²) in [6.07, 6.45) is 6.65. The Balaban J connectivity index is 1.94. The van der Waals surface area contributed by atoms with Crippen LogP contribution in [0.1, 0.15) is 12.1 Å². The van der Waals surface area contributed by atoms with Crippen LogP contribution in [0, 0.1) is 17.8 Å². The molecule has 0 N–H and O–H groups in total. The van der Waals surface area contributed by atoms with E-state index in [4.69, 9.17) is 4.74 Å². The number of amides is 1. The van der Waals surface area contributed by atoms with Gasteiger partial charge in [-0.15, -0.1) is 0 Å². The molecule has 2 bridgehead atoms. The van der Waals surface area contributed by atoms with Gasteiger partial charge in [-0.05, 0) is 24.5 Å². The number of aromatic nitrogens is 1. The maximum Gasteiger partial charge on any atom is 0.310 e. The lowest BCUT2D eigenvalue weighted by Gasteiger charge is -2.42. The highest BCUT2D eigenvalue weighted by Crippen LogP contribution is 2.61. The minimum Gasteiger partial charge on any atom is -0.469 e. The molecular weight excluding hydrogens is 268 g/mol. The molecule has 4 atom stereocenters. The van der Waals surface area contributed by atoms with Gasteiger partial charge in [0.25, 0.3) is 0 Å². The molecule has 108 valence electrons. The number of anilines is 1. The van der Waals surface area contributed by atoms with Crippen molar-refractivity contribution in [3.63, 3.8) is 0 Å². The molecule has 1 amide bonds. The third-order valence-corrected chi connectivity index (χ3v) is 5.25. The quantitative estimate of drug-likeness (QED) is 0.576. The first-order chi connectivity index (χ1) is 10.1. The number of methoxy groups -OCH3 is 1. The van der Waals surface area contributed by atoms with Crippen molar-refractivity contribution in [2.75, 3.05) is 19.1 Å². The summed E-state index contributed by atoms with van der Waals surface area (Å²) in [7, 11) is 3.13. The van der Waals surface area contributed by atoms with Gasteiger partial charge in [0.2, 0.25) is 5.91 Å². The normalized spacial score (nSPS) is 35.6. The van der Waals surface area contributed by atoms with Gasteiger partial charge in [-0.3, -0.25) is 14.6 Å². The third kappa shape index (κ3) is 1.34. The molecule has 1 aromatic rings. The Morgan fingerprint density at radius 2 is 2.33 bits per heavy atom. The largest absolute Gasteiger partial charge is 0.469 e. The zero-order valence-corrected chi connectivity index (χ0v) is 11.9. The fourth-order valence-corrected chi connectivity index (χ4v) is 4.36. The highest BCUT2D eigenvalue weighted by molar-refractivity contribution is 6.02. The Kier molecular flexibility index (Phi) is 2.35. The van der Waals surface area contributed by atoms with Crippen molar-refractivity contribution in [2.45, 2.75) is 11.8 Å². The standard InChI is InChI=1S/C16H16N2O3/c1-18-10-4-3-7-17-13(10)16-6-5-9(8-16)11(15(20)21-2)12(16)14(18)19/h3-7,9,11-12H,8H2,1-2H3/t9?,11-,12-,16?/m1/s1. The van der Waals surface area contributed by atoms with Crippen molar-refractivity contribution in [2.24, 2.45) is 17.8 Å². The molecule has 1 aliphatic heterocycles. The molecule has 5 nitrogen and oxygen atoms in total. The first-order valence-corrected chi connectivity index (χ1v) is 7.10. The van der Waals surface area contributed by atoms with Crippen molar-refractivity contribution in [1.29, 1.82) is 0 Å². The van der Waals surface area contributed by atoms with Crippen LogP contribution >= 0.6 is 0 Å². The summed E-state index contributed by atoms with van der Waals surface area (Å²) in [5.41, 5.74) is 1.31. The van der Waals surface area contributed by atoms with Crippen molar-refractivity contribution < 1.29 is 14.3 Å². The highest BCUT2D eigenvalue weighted by Gasteiger charge is 2.65. The minimum absolute atomic E-state index is 0.0160. The second kappa shape index (κ2) is 3.93. The lowest BCUT2D eigenvalue weighted by atomic mass is 9.68. The van der Waals surface area contributed by atoms with Gasteiger partial charge >= 0.3 is 5.97 Å². The van der Waals surface area contributed by atoms with Gasteiger partial charge in [0.05, 0.1) is 30.3 Å². The van der Waals surface area contributed by atoms with Gasteiger partial charge in [-0.1, -0.05) is 12.2 Å². The predicted octanol–water partition coefficient (Wildman–Crippen LogP) is 1.29. The molecule has 1 spiro atoms. The van der Waals surface area contributed by atoms with Crippen LogP contribution < -0.4 is 4.90 Å². The van der Waals surface area contributed by atoms with Crippen molar-refractivity contribution >= 4 is 17.6 Å². The smallest absolute Gasteiger partial charge is 0.310 e. The van der Waals surface area contributed by atoms with E-state index in [0.717, 1.165) is 17.8 Å². The fraction of sp³-hybridized carbons (Fsp3) is 0.438. The Hall–Kier alpha value is -2.17. The van der Waals surface area contributed by atoms with Crippen LogP contribution in [0.2, 0.25) is 0 Å². The molecule has 3 aliphatic rings. The Morgan fingerprint density at radius 1 is 1.52 bits per heavy atom. The number of rotatable bonds is 1. The number of carbonyl (C=O) groups excluding carboxylic acids is 2. The maximum atomic E-state index is 12.8. The van der Waals surface area contributed by atoms with E-state index < -0.39 is 17.3 Å². The van der Waals surface area contributed by atoms with Gasteiger partial charge in [0.1, 0.15) is 0 Å². The Morgan fingerprint density at radius 3 is 3.10 bits per heavy atom. The van der Waals surface area contributed by atoms with Crippen molar-refractivity contribution in [3.05, 3.63) is 36.2 Å². The average molecular weight is 284 g/mol. The van der Waals surface area contributed by atoms with E-state index in [2.05, 4.69) is 17.1 Å². The molecule has 2 heterocycles. The predicted molar refractivity (Wildman–Crippen MR) is 75.6 cm³/mol. The van der Waals surface area contributed by atoms with Gasteiger partial charge in [0, 0.05) is 18.7 Å². The minimum atomic E-state index is -0.441. The zero-order chi connectivity index (χ0) is 14.8. The average Bonchev–Trinajstić information content (AvgIpc) is 3.09. The molecule has 1 fully saturated rings.